The lowest BCUT2D eigenvalue weighted by atomic mass is 10.1. The van der Waals surface area contributed by atoms with Crippen LogP contribution in [0.4, 0.5) is 0 Å². The Morgan fingerprint density at radius 3 is 2.40 bits per heavy atom. The minimum absolute atomic E-state index is 0.964. The van der Waals surface area contributed by atoms with Crippen molar-refractivity contribution in [2.45, 2.75) is 19.4 Å². The van der Waals surface area contributed by atoms with Gasteiger partial charge in [0, 0.05) is 12.1 Å². The zero-order chi connectivity index (χ0) is 10.5. The van der Waals surface area contributed by atoms with Crippen molar-refractivity contribution in [1.29, 1.82) is 0 Å². The molecule has 1 aliphatic rings. The maximum atomic E-state index is 5.32. The van der Waals surface area contributed by atoms with E-state index < -0.39 is 0 Å². The van der Waals surface area contributed by atoms with E-state index in [1.165, 1.54) is 31.5 Å². The van der Waals surface area contributed by atoms with Crippen LogP contribution in [0.15, 0.2) is 24.3 Å². The Labute approximate surface area is 92.1 Å². The summed E-state index contributed by atoms with van der Waals surface area (Å²) in [6, 6.07) is 8.30. The summed E-state index contributed by atoms with van der Waals surface area (Å²) in [5.74, 6) is 2.64. The van der Waals surface area contributed by atoms with Crippen molar-refractivity contribution < 1.29 is 0 Å². The molecule has 0 bridgehead atoms. The van der Waals surface area contributed by atoms with Gasteiger partial charge < -0.3 is 0 Å². The van der Waals surface area contributed by atoms with Crippen LogP contribution in [-0.4, -0.2) is 18.0 Å². The zero-order valence-corrected chi connectivity index (χ0v) is 8.95. The van der Waals surface area contributed by atoms with Crippen LogP contribution in [0.5, 0.6) is 0 Å². The third-order valence-electron chi connectivity index (χ3n) is 2.83. The summed E-state index contributed by atoms with van der Waals surface area (Å²) in [7, 11) is 0. The second-order valence-electron chi connectivity index (χ2n) is 3.98. The Balaban J connectivity index is 1.95. The van der Waals surface area contributed by atoms with Crippen molar-refractivity contribution in [2.75, 3.05) is 13.1 Å². The molecule has 1 fully saturated rings. The van der Waals surface area contributed by atoms with Crippen LogP contribution in [0, 0.1) is 18.8 Å². The second kappa shape index (κ2) is 5.00. The molecule has 1 radical (unpaired) electrons. The molecule has 1 aromatic carbocycles. The van der Waals surface area contributed by atoms with Crippen molar-refractivity contribution in [3.05, 3.63) is 41.8 Å². The molecule has 15 heavy (non-hydrogen) atoms. The van der Waals surface area contributed by atoms with Gasteiger partial charge in [-0.1, -0.05) is 18.1 Å². The molecule has 1 aliphatic heterocycles. The summed E-state index contributed by atoms with van der Waals surface area (Å²) in [5.41, 5.74) is 2.32. The SMILES string of the molecule is C#Cc1ccc(CN2CC[CH]CC2)cc1. The average molecular weight is 198 g/mol. The number of hydrogen-bond donors (Lipinski definition) is 0. The molecule has 0 aliphatic carbocycles. The van der Waals surface area contributed by atoms with Gasteiger partial charge in [0.1, 0.15) is 0 Å². The van der Waals surface area contributed by atoms with Gasteiger partial charge >= 0.3 is 0 Å². The molecule has 0 unspecified atom stereocenters. The van der Waals surface area contributed by atoms with E-state index >= 15 is 0 Å². The first kappa shape index (κ1) is 10.3. The smallest absolute Gasteiger partial charge is 0.0242 e. The summed E-state index contributed by atoms with van der Waals surface area (Å²) in [5, 5.41) is 0. The molecule has 0 N–H and O–H groups in total. The van der Waals surface area contributed by atoms with Crippen LogP contribution < -0.4 is 0 Å². The molecule has 0 aromatic heterocycles. The van der Waals surface area contributed by atoms with Crippen LogP contribution in [0.1, 0.15) is 24.0 Å². The third kappa shape index (κ3) is 2.84. The fourth-order valence-corrected chi connectivity index (χ4v) is 1.93. The number of rotatable bonds is 2. The predicted octanol–water partition coefficient (Wildman–Crippen LogP) is 2.47. The lowest BCUT2D eigenvalue weighted by Gasteiger charge is -2.26. The molecule has 77 valence electrons. The van der Waals surface area contributed by atoms with Crippen molar-refractivity contribution >= 4 is 0 Å². The highest BCUT2D eigenvalue weighted by Gasteiger charge is 2.09. The molecule has 1 nitrogen and oxygen atoms in total. The van der Waals surface area contributed by atoms with Gasteiger partial charge in [-0.3, -0.25) is 4.90 Å². The molecule has 0 saturated carbocycles. The zero-order valence-electron chi connectivity index (χ0n) is 8.95. The largest absolute Gasteiger partial charge is 0.299 e. The first-order valence-electron chi connectivity index (χ1n) is 5.48. The molecular formula is C14H16N. The maximum absolute atomic E-state index is 5.32. The highest BCUT2D eigenvalue weighted by Crippen LogP contribution is 2.12. The van der Waals surface area contributed by atoms with E-state index in [4.69, 9.17) is 6.42 Å². The Bertz CT molecular complexity index is 339. The molecule has 0 amide bonds. The van der Waals surface area contributed by atoms with Gasteiger partial charge in [-0.15, -0.1) is 6.42 Å². The number of terminal acetylenes is 1. The van der Waals surface area contributed by atoms with Crippen molar-refractivity contribution in [2.24, 2.45) is 0 Å². The Morgan fingerprint density at radius 2 is 1.80 bits per heavy atom. The van der Waals surface area contributed by atoms with Gasteiger partial charge in [0.2, 0.25) is 0 Å². The van der Waals surface area contributed by atoms with Crippen molar-refractivity contribution in [3.63, 3.8) is 0 Å². The third-order valence-corrected chi connectivity index (χ3v) is 2.83. The topological polar surface area (TPSA) is 3.24 Å². The number of likely N-dealkylation sites (tertiary alicyclic amines) is 1. The lowest BCUT2D eigenvalue weighted by molar-refractivity contribution is 0.246. The molecule has 1 aromatic rings. The van der Waals surface area contributed by atoms with E-state index in [-0.39, 0.29) is 0 Å². The Kier molecular flexibility index (Phi) is 3.42. The summed E-state index contributed by atoms with van der Waals surface area (Å²) in [4.78, 5) is 2.49. The second-order valence-corrected chi connectivity index (χ2v) is 3.98. The maximum Gasteiger partial charge on any atom is 0.0242 e. The fraction of sp³-hybridized carbons (Fsp3) is 0.357. The van der Waals surface area contributed by atoms with E-state index in [2.05, 4.69) is 29.4 Å². The molecule has 0 atom stereocenters. The summed E-state index contributed by atoms with van der Waals surface area (Å²) < 4.78 is 0. The van der Waals surface area contributed by atoms with Gasteiger partial charge in [-0.25, -0.2) is 0 Å². The van der Waals surface area contributed by atoms with Gasteiger partial charge in [-0.05, 0) is 50.0 Å². The van der Waals surface area contributed by atoms with Crippen LogP contribution in [0.25, 0.3) is 0 Å². The van der Waals surface area contributed by atoms with Gasteiger partial charge in [0.25, 0.3) is 0 Å². The number of piperidine rings is 1. The van der Waals surface area contributed by atoms with Crippen molar-refractivity contribution in [3.8, 4) is 12.3 Å². The predicted molar refractivity (Wildman–Crippen MR) is 63.2 cm³/mol. The lowest BCUT2D eigenvalue weighted by Crippen LogP contribution is -2.29. The van der Waals surface area contributed by atoms with E-state index in [0.717, 1.165) is 12.1 Å². The Morgan fingerprint density at radius 1 is 1.13 bits per heavy atom. The minimum Gasteiger partial charge on any atom is -0.299 e. The van der Waals surface area contributed by atoms with Gasteiger partial charge in [0.05, 0.1) is 0 Å². The quantitative estimate of drug-likeness (QED) is 0.660. The van der Waals surface area contributed by atoms with Gasteiger partial charge in [-0.2, -0.15) is 0 Å². The first-order chi connectivity index (χ1) is 7.38. The first-order valence-corrected chi connectivity index (χ1v) is 5.48. The van der Waals surface area contributed by atoms with Crippen molar-refractivity contribution in [1.82, 2.24) is 4.90 Å². The number of benzene rings is 1. The molecule has 1 heteroatoms. The highest BCUT2D eigenvalue weighted by molar-refractivity contribution is 5.34. The molecule has 1 saturated heterocycles. The molecular weight excluding hydrogens is 182 g/mol. The minimum atomic E-state index is 0.964. The normalized spacial score (nSPS) is 17.3. The van der Waals surface area contributed by atoms with Crippen LogP contribution in [-0.2, 0) is 6.54 Å². The van der Waals surface area contributed by atoms with Crippen LogP contribution >= 0.6 is 0 Å². The van der Waals surface area contributed by atoms with E-state index in [9.17, 15) is 0 Å². The highest BCUT2D eigenvalue weighted by atomic mass is 15.1. The fourth-order valence-electron chi connectivity index (χ4n) is 1.93. The van der Waals surface area contributed by atoms with Gasteiger partial charge in [0.15, 0.2) is 0 Å². The number of nitrogens with zero attached hydrogens (tertiary/aromatic N) is 1. The summed E-state index contributed by atoms with van der Waals surface area (Å²) in [6.07, 6.45) is 10.1. The van der Waals surface area contributed by atoms with Crippen LogP contribution in [0.2, 0.25) is 0 Å². The monoisotopic (exact) mass is 198 g/mol. The van der Waals surface area contributed by atoms with E-state index in [0.29, 0.717) is 0 Å². The summed E-state index contributed by atoms with van der Waals surface area (Å²) in [6.45, 7) is 3.44. The van der Waals surface area contributed by atoms with E-state index in [1.54, 1.807) is 0 Å². The molecule has 0 spiro atoms. The molecule has 1 heterocycles. The van der Waals surface area contributed by atoms with E-state index in [1.807, 2.05) is 12.1 Å². The standard InChI is InChI=1S/C14H16N/c1-2-13-6-8-14(9-7-13)12-15-10-4-3-5-11-15/h1,3,6-9H,4-5,10-12H2. The summed E-state index contributed by atoms with van der Waals surface area (Å²) >= 11 is 0. The molecule has 2 rings (SSSR count). The Hall–Kier alpha value is -1.26. The number of hydrogen-bond acceptors (Lipinski definition) is 1. The van der Waals surface area contributed by atoms with Crippen LogP contribution in [0.3, 0.4) is 0 Å². The average Bonchev–Trinajstić information content (AvgIpc) is 2.31.